The van der Waals surface area contributed by atoms with Crippen molar-refractivity contribution in [3.63, 3.8) is 0 Å². The van der Waals surface area contributed by atoms with Gasteiger partial charge in [0.25, 0.3) is 0 Å². The summed E-state index contributed by atoms with van der Waals surface area (Å²) in [5, 5.41) is 6.05. The molecule has 3 heteroatoms. The third kappa shape index (κ3) is 4.63. The van der Waals surface area contributed by atoms with Crippen molar-refractivity contribution < 1.29 is 4.79 Å². The molecule has 0 bridgehead atoms. The van der Waals surface area contributed by atoms with Gasteiger partial charge in [-0.1, -0.05) is 25.1 Å². The van der Waals surface area contributed by atoms with E-state index in [4.69, 9.17) is 0 Å². The molecule has 0 radical (unpaired) electrons. The molecule has 2 aromatic rings. The van der Waals surface area contributed by atoms with Crippen LogP contribution in [0.1, 0.15) is 23.6 Å². The zero-order valence-electron chi connectivity index (χ0n) is 12.9. The van der Waals surface area contributed by atoms with Crippen LogP contribution in [0.5, 0.6) is 0 Å². The minimum atomic E-state index is -0.0421. The molecular weight excluding hydrogens is 260 g/mol. The Balaban J connectivity index is 1.89. The molecule has 110 valence electrons. The van der Waals surface area contributed by atoms with Gasteiger partial charge in [0.2, 0.25) is 5.91 Å². The number of hydrogen-bond donors (Lipinski definition) is 2. The minimum absolute atomic E-state index is 0.0421. The molecule has 0 saturated carbocycles. The molecule has 0 aliphatic rings. The molecule has 3 nitrogen and oxygen atoms in total. The van der Waals surface area contributed by atoms with Crippen LogP contribution in [0, 0.1) is 13.8 Å². The fourth-order valence-electron chi connectivity index (χ4n) is 2.29. The van der Waals surface area contributed by atoms with Gasteiger partial charge in [0.05, 0.1) is 6.54 Å². The van der Waals surface area contributed by atoms with E-state index in [-0.39, 0.29) is 12.5 Å². The van der Waals surface area contributed by atoms with Crippen molar-refractivity contribution in [3.8, 4) is 0 Å². The van der Waals surface area contributed by atoms with Gasteiger partial charge in [-0.05, 0) is 61.2 Å². The molecule has 1 amide bonds. The van der Waals surface area contributed by atoms with Gasteiger partial charge in [-0.25, -0.2) is 0 Å². The van der Waals surface area contributed by atoms with E-state index in [2.05, 4.69) is 35.8 Å². The van der Waals surface area contributed by atoms with Gasteiger partial charge in [-0.3, -0.25) is 4.79 Å². The Hall–Kier alpha value is -2.29. The zero-order valence-corrected chi connectivity index (χ0v) is 12.9. The largest absolute Gasteiger partial charge is 0.376 e. The summed E-state index contributed by atoms with van der Waals surface area (Å²) in [5.41, 5.74) is 5.39. The lowest BCUT2D eigenvalue weighted by molar-refractivity contribution is -0.114. The van der Waals surface area contributed by atoms with Crippen LogP contribution in [-0.2, 0) is 11.2 Å². The maximum Gasteiger partial charge on any atom is 0.243 e. The van der Waals surface area contributed by atoms with Gasteiger partial charge in [0.15, 0.2) is 0 Å². The zero-order chi connectivity index (χ0) is 15.2. The Morgan fingerprint density at radius 1 is 0.952 bits per heavy atom. The highest BCUT2D eigenvalue weighted by Gasteiger charge is 2.03. The summed E-state index contributed by atoms with van der Waals surface area (Å²) in [6.45, 7) is 6.44. The summed E-state index contributed by atoms with van der Waals surface area (Å²) in [6.07, 6.45) is 1.02. The fourth-order valence-corrected chi connectivity index (χ4v) is 2.29. The predicted molar refractivity (Wildman–Crippen MR) is 88.9 cm³/mol. The van der Waals surface area contributed by atoms with Crippen molar-refractivity contribution in [2.24, 2.45) is 0 Å². The van der Waals surface area contributed by atoms with Crippen LogP contribution >= 0.6 is 0 Å². The number of carbonyl (C=O) groups is 1. The number of carbonyl (C=O) groups excluding carboxylic acids is 1. The molecule has 0 heterocycles. The molecule has 0 atom stereocenters. The predicted octanol–water partition coefficient (Wildman–Crippen LogP) is 3.92. The Labute approximate surface area is 126 Å². The van der Waals surface area contributed by atoms with Gasteiger partial charge < -0.3 is 10.6 Å². The number of anilines is 2. The summed E-state index contributed by atoms with van der Waals surface area (Å²) in [5.74, 6) is -0.0421. The minimum Gasteiger partial charge on any atom is -0.376 e. The van der Waals surface area contributed by atoms with Gasteiger partial charge in [0.1, 0.15) is 0 Å². The van der Waals surface area contributed by atoms with Crippen LogP contribution < -0.4 is 10.6 Å². The van der Waals surface area contributed by atoms with Gasteiger partial charge in [0, 0.05) is 11.4 Å². The number of hydrogen-bond acceptors (Lipinski definition) is 2. The standard InChI is InChI=1S/C18H22N2O/c1-4-15-5-7-16(8-6-15)19-12-18(21)20-17-10-13(2)9-14(3)11-17/h5-11,19H,4,12H2,1-3H3,(H,20,21). The van der Waals surface area contributed by atoms with E-state index in [9.17, 15) is 4.79 Å². The van der Waals surface area contributed by atoms with Crippen LogP contribution in [0.4, 0.5) is 11.4 Å². The maximum atomic E-state index is 12.0. The second-order valence-electron chi connectivity index (χ2n) is 5.33. The van der Waals surface area contributed by atoms with E-state index in [1.165, 1.54) is 5.56 Å². The highest BCUT2D eigenvalue weighted by Crippen LogP contribution is 2.14. The van der Waals surface area contributed by atoms with E-state index in [0.29, 0.717) is 0 Å². The molecule has 0 unspecified atom stereocenters. The number of nitrogens with one attached hydrogen (secondary N) is 2. The summed E-state index contributed by atoms with van der Waals surface area (Å²) in [7, 11) is 0. The molecule has 0 saturated heterocycles. The highest BCUT2D eigenvalue weighted by atomic mass is 16.1. The number of amides is 1. The van der Waals surface area contributed by atoms with Gasteiger partial charge in [-0.2, -0.15) is 0 Å². The number of aryl methyl sites for hydroxylation is 3. The molecule has 0 aromatic heterocycles. The average Bonchev–Trinajstić information content (AvgIpc) is 2.44. The van der Waals surface area contributed by atoms with E-state index >= 15 is 0 Å². The van der Waals surface area contributed by atoms with Crippen LogP contribution in [-0.4, -0.2) is 12.5 Å². The maximum absolute atomic E-state index is 12.0. The summed E-state index contributed by atoms with van der Waals surface area (Å²) >= 11 is 0. The van der Waals surface area contributed by atoms with Gasteiger partial charge in [-0.15, -0.1) is 0 Å². The van der Waals surface area contributed by atoms with Crippen molar-refractivity contribution in [1.82, 2.24) is 0 Å². The molecular formula is C18H22N2O. The van der Waals surface area contributed by atoms with Crippen LogP contribution in [0.2, 0.25) is 0 Å². The molecule has 0 aliphatic heterocycles. The lowest BCUT2D eigenvalue weighted by atomic mass is 10.1. The lowest BCUT2D eigenvalue weighted by Gasteiger charge is -2.09. The third-order valence-corrected chi connectivity index (χ3v) is 3.32. The Kier molecular flexibility index (Phi) is 4.99. The highest BCUT2D eigenvalue weighted by molar-refractivity contribution is 5.93. The molecule has 21 heavy (non-hydrogen) atoms. The third-order valence-electron chi connectivity index (χ3n) is 3.32. The first-order chi connectivity index (χ1) is 10.1. The van der Waals surface area contributed by atoms with Crippen molar-refractivity contribution >= 4 is 17.3 Å². The molecule has 0 aliphatic carbocycles. The topological polar surface area (TPSA) is 41.1 Å². The quantitative estimate of drug-likeness (QED) is 0.872. The van der Waals surface area contributed by atoms with E-state index < -0.39 is 0 Å². The van der Waals surface area contributed by atoms with Crippen LogP contribution in [0.3, 0.4) is 0 Å². The SMILES string of the molecule is CCc1ccc(NCC(=O)Nc2cc(C)cc(C)c2)cc1. The molecule has 2 aromatic carbocycles. The van der Waals surface area contributed by atoms with Crippen LogP contribution in [0.25, 0.3) is 0 Å². The number of rotatable bonds is 5. The number of benzene rings is 2. The van der Waals surface area contributed by atoms with Crippen molar-refractivity contribution in [2.45, 2.75) is 27.2 Å². The summed E-state index contributed by atoms with van der Waals surface area (Å²) in [4.78, 5) is 12.0. The molecule has 2 rings (SSSR count). The first kappa shape index (κ1) is 15.1. The van der Waals surface area contributed by atoms with E-state index in [1.54, 1.807) is 0 Å². The average molecular weight is 282 g/mol. The van der Waals surface area contributed by atoms with Crippen molar-refractivity contribution in [2.75, 3.05) is 17.2 Å². The van der Waals surface area contributed by atoms with E-state index in [1.807, 2.05) is 38.1 Å². The lowest BCUT2D eigenvalue weighted by Crippen LogP contribution is -2.21. The first-order valence-electron chi connectivity index (χ1n) is 7.28. The normalized spacial score (nSPS) is 10.2. The van der Waals surface area contributed by atoms with Crippen molar-refractivity contribution in [3.05, 3.63) is 59.2 Å². The summed E-state index contributed by atoms with van der Waals surface area (Å²) in [6, 6.07) is 14.2. The molecule has 0 fully saturated rings. The summed E-state index contributed by atoms with van der Waals surface area (Å²) < 4.78 is 0. The van der Waals surface area contributed by atoms with Crippen LogP contribution in [0.15, 0.2) is 42.5 Å². The second kappa shape index (κ2) is 6.93. The smallest absolute Gasteiger partial charge is 0.243 e. The molecule has 0 spiro atoms. The second-order valence-corrected chi connectivity index (χ2v) is 5.33. The van der Waals surface area contributed by atoms with Crippen molar-refractivity contribution in [1.29, 1.82) is 0 Å². The Bertz CT molecular complexity index is 597. The Morgan fingerprint density at radius 3 is 2.14 bits per heavy atom. The fraction of sp³-hybridized carbons (Fsp3) is 0.278. The van der Waals surface area contributed by atoms with E-state index in [0.717, 1.165) is 28.9 Å². The Morgan fingerprint density at radius 2 is 1.57 bits per heavy atom. The van der Waals surface area contributed by atoms with Gasteiger partial charge >= 0.3 is 0 Å². The molecule has 2 N–H and O–H groups in total. The monoisotopic (exact) mass is 282 g/mol. The first-order valence-corrected chi connectivity index (χ1v) is 7.28.